The average molecular weight is 384 g/mol. The summed E-state index contributed by atoms with van der Waals surface area (Å²) in [5.41, 5.74) is -1.45. The molecule has 26 heavy (non-hydrogen) atoms. The monoisotopic (exact) mass is 384 g/mol. The number of benzene rings is 2. The zero-order valence-electron chi connectivity index (χ0n) is 13.6. The third-order valence-corrected chi connectivity index (χ3v) is 4.70. The second kappa shape index (κ2) is 8.22. The molecule has 9 heteroatoms. The molecule has 1 amide bonds. The molecule has 2 aromatic rings. The largest absolute Gasteiger partial charge is 0.418 e. The van der Waals surface area contributed by atoms with Crippen LogP contribution in [-0.4, -0.2) is 16.1 Å². The predicted octanol–water partition coefficient (Wildman–Crippen LogP) is 4.87. The second-order valence-electron chi connectivity index (χ2n) is 5.41. The van der Waals surface area contributed by atoms with Gasteiger partial charge in [-0.1, -0.05) is 30.3 Å². The number of nitrogens with zero attached hydrogens (tertiary/aromatic N) is 1. The molecular formula is C17H15F3N2O3S. The van der Waals surface area contributed by atoms with E-state index in [0.29, 0.717) is 11.8 Å². The van der Waals surface area contributed by atoms with Crippen molar-refractivity contribution in [3.63, 3.8) is 0 Å². The summed E-state index contributed by atoms with van der Waals surface area (Å²) in [5, 5.41) is 12.3. The molecule has 0 saturated heterocycles. The summed E-state index contributed by atoms with van der Waals surface area (Å²) >= 11 is 1.28. The number of carbonyl (C=O) groups excluding carboxylic acids is 1. The van der Waals surface area contributed by atoms with Crippen LogP contribution in [0.15, 0.2) is 48.5 Å². The van der Waals surface area contributed by atoms with Crippen LogP contribution >= 0.6 is 11.8 Å². The van der Waals surface area contributed by atoms with Crippen molar-refractivity contribution >= 4 is 29.0 Å². The molecule has 0 fully saturated rings. The van der Waals surface area contributed by atoms with E-state index in [-0.39, 0.29) is 0 Å². The number of anilines is 1. The molecule has 0 unspecified atom stereocenters. The van der Waals surface area contributed by atoms with Crippen LogP contribution in [-0.2, 0) is 16.7 Å². The number of hydrogen-bond donors (Lipinski definition) is 1. The highest BCUT2D eigenvalue weighted by Gasteiger charge is 2.36. The molecule has 0 spiro atoms. The van der Waals surface area contributed by atoms with Crippen LogP contribution in [0.5, 0.6) is 0 Å². The van der Waals surface area contributed by atoms with Crippen LogP contribution in [0.2, 0.25) is 0 Å². The summed E-state index contributed by atoms with van der Waals surface area (Å²) in [6.45, 7) is 1.58. The van der Waals surface area contributed by atoms with Crippen molar-refractivity contribution in [3.05, 3.63) is 69.8 Å². The van der Waals surface area contributed by atoms with Gasteiger partial charge in [-0.05, 0) is 18.6 Å². The first-order valence-electron chi connectivity index (χ1n) is 7.50. The molecule has 0 aliphatic rings. The van der Waals surface area contributed by atoms with E-state index in [1.165, 1.54) is 11.8 Å². The van der Waals surface area contributed by atoms with Gasteiger partial charge in [0.05, 0.1) is 21.4 Å². The predicted molar refractivity (Wildman–Crippen MR) is 93.9 cm³/mol. The van der Waals surface area contributed by atoms with Crippen LogP contribution in [0.3, 0.4) is 0 Å². The van der Waals surface area contributed by atoms with Gasteiger partial charge in [-0.3, -0.25) is 14.9 Å². The van der Waals surface area contributed by atoms with E-state index >= 15 is 0 Å². The molecule has 1 N–H and O–H groups in total. The number of nitrogens with one attached hydrogen (secondary N) is 1. The SMILES string of the molecule is C[C@@H](SCc1ccccc1)C(=O)Nc1ccc([N+](=O)[O-])cc1C(F)(F)F. The minimum Gasteiger partial charge on any atom is -0.325 e. The quantitative estimate of drug-likeness (QED) is 0.569. The van der Waals surface area contributed by atoms with E-state index < -0.39 is 39.2 Å². The fourth-order valence-corrected chi connectivity index (χ4v) is 2.94. The zero-order valence-corrected chi connectivity index (χ0v) is 14.4. The second-order valence-corrected chi connectivity index (χ2v) is 6.74. The number of amides is 1. The molecule has 1 atom stereocenters. The number of thioether (sulfide) groups is 1. The van der Waals surface area contributed by atoms with Crippen LogP contribution in [0.1, 0.15) is 18.1 Å². The van der Waals surface area contributed by atoms with Gasteiger partial charge in [-0.2, -0.15) is 13.2 Å². The molecule has 138 valence electrons. The number of nitro benzene ring substituents is 1. The molecule has 2 aromatic carbocycles. The highest BCUT2D eigenvalue weighted by atomic mass is 32.2. The number of nitro groups is 1. The Labute approximate surface area is 151 Å². The van der Waals surface area contributed by atoms with E-state index in [4.69, 9.17) is 0 Å². The van der Waals surface area contributed by atoms with Crippen LogP contribution in [0.25, 0.3) is 0 Å². The van der Waals surface area contributed by atoms with Crippen molar-refractivity contribution in [3.8, 4) is 0 Å². The third-order valence-electron chi connectivity index (χ3n) is 3.49. The lowest BCUT2D eigenvalue weighted by atomic mass is 10.1. The van der Waals surface area contributed by atoms with Crippen molar-refractivity contribution in [1.29, 1.82) is 0 Å². The van der Waals surface area contributed by atoms with Crippen molar-refractivity contribution in [2.24, 2.45) is 0 Å². The maximum atomic E-state index is 13.1. The summed E-state index contributed by atoms with van der Waals surface area (Å²) in [5.74, 6) is -0.0766. The van der Waals surface area contributed by atoms with E-state index in [2.05, 4.69) is 5.32 Å². The van der Waals surface area contributed by atoms with E-state index in [9.17, 15) is 28.1 Å². The van der Waals surface area contributed by atoms with Gasteiger partial charge >= 0.3 is 6.18 Å². The normalized spacial score (nSPS) is 12.5. The van der Waals surface area contributed by atoms with Crippen molar-refractivity contribution < 1.29 is 22.9 Å². The van der Waals surface area contributed by atoms with Gasteiger partial charge in [0, 0.05) is 17.9 Å². The van der Waals surface area contributed by atoms with Gasteiger partial charge in [-0.15, -0.1) is 11.8 Å². The average Bonchev–Trinajstić information content (AvgIpc) is 2.59. The molecule has 0 aromatic heterocycles. The van der Waals surface area contributed by atoms with E-state index in [1.54, 1.807) is 6.92 Å². The Morgan fingerprint density at radius 1 is 1.23 bits per heavy atom. The number of halogens is 3. The summed E-state index contributed by atoms with van der Waals surface area (Å²) in [7, 11) is 0. The number of hydrogen-bond acceptors (Lipinski definition) is 4. The maximum Gasteiger partial charge on any atom is 0.418 e. The lowest BCUT2D eigenvalue weighted by molar-refractivity contribution is -0.385. The molecule has 0 heterocycles. The molecule has 5 nitrogen and oxygen atoms in total. The van der Waals surface area contributed by atoms with E-state index in [0.717, 1.165) is 17.7 Å². The smallest absolute Gasteiger partial charge is 0.325 e. The van der Waals surface area contributed by atoms with Crippen molar-refractivity contribution in [1.82, 2.24) is 0 Å². The number of carbonyl (C=O) groups is 1. The standard InChI is InChI=1S/C17H15F3N2O3S/c1-11(26-10-12-5-3-2-4-6-12)16(23)21-15-8-7-13(22(24)25)9-14(15)17(18,19)20/h2-9,11H,10H2,1H3,(H,21,23)/t11-/m1/s1. The first kappa shape index (κ1) is 19.8. The Bertz CT molecular complexity index is 798. The van der Waals surface area contributed by atoms with Gasteiger partial charge < -0.3 is 5.32 Å². The Balaban J connectivity index is 2.11. The molecule has 0 saturated carbocycles. The Hall–Kier alpha value is -2.55. The first-order chi connectivity index (χ1) is 12.2. The zero-order chi connectivity index (χ0) is 19.3. The minimum atomic E-state index is -4.82. The Kier molecular flexibility index (Phi) is 6.25. The van der Waals surface area contributed by atoms with E-state index in [1.807, 2.05) is 30.3 Å². The highest BCUT2D eigenvalue weighted by Crippen LogP contribution is 2.37. The van der Waals surface area contributed by atoms with Gasteiger partial charge in [0.1, 0.15) is 0 Å². The third kappa shape index (κ3) is 5.22. The molecule has 2 rings (SSSR count). The number of non-ortho nitro benzene ring substituents is 1. The fraction of sp³-hybridized carbons (Fsp3) is 0.235. The van der Waals surface area contributed by atoms with Gasteiger partial charge in [0.15, 0.2) is 0 Å². The topological polar surface area (TPSA) is 72.2 Å². The maximum absolute atomic E-state index is 13.1. The summed E-state index contributed by atoms with van der Waals surface area (Å²) in [6.07, 6.45) is -4.82. The molecule has 0 aliphatic heterocycles. The lowest BCUT2D eigenvalue weighted by Crippen LogP contribution is -2.24. The highest BCUT2D eigenvalue weighted by molar-refractivity contribution is 7.99. The Morgan fingerprint density at radius 3 is 2.46 bits per heavy atom. The van der Waals surface area contributed by atoms with Gasteiger partial charge in [-0.25, -0.2) is 0 Å². The summed E-state index contributed by atoms with van der Waals surface area (Å²) < 4.78 is 39.4. The number of rotatable bonds is 6. The summed E-state index contributed by atoms with van der Waals surface area (Å²) in [6, 6.07) is 11.6. The minimum absolute atomic E-state index is 0.414. The number of alkyl halides is 3. The van der Waals surface area contributed by atoms with Crippen LogP contribution in [0, 0.1) is 10.1 Å². The lowest BCUT2D eigenvalue weighted by Gasteiger charge is -2.16. The molecule has 0 radical (unpaired) electrons. The van der Waals surface area contributed by atoms with Crippen molar-refractivity contribution in [2.75, 3.05) is 5.32 Å². The first-order valence-corrected chi connectivity index (χ1v) is 8.55. The molecule has 0 aliphatic carbocycles. The van der Waals surface area contributed by atoms with Gasteiger partial charge in [0.25, 0.3) is 5.69 Å². The molecule has 0 bridgehead atoms. The van der Waals surface area contributed by atoms with Gasteiger partial charge in [0.2, 0.25) is 5.91 Å². The van der Waals surface area contributed by atoms with Crippen LogP contribution in [0.4, 0.5) is 24.5 Å². The van der Waals surface area contributed by atoms with Crippen LogP contribution < -0.4 is 5.32 Å². The fourth-order valence-electron chi connectivity index (χ4n) is 2.09. The summed E-state index contributed by atoms with van der Waals surface area (Å²) in [4.78, 5) is 22.0. The molecular weight excluding hydrogens is 369 g/mol. The Morgan fingerprint density at radius 2 is 1.88 bits per heavy atom. The van der Waals surface area contributed by atoms with Crippen molar-refractivity contribution in [2.45, 2.75) is 24.1 Å².